The van der Waals surface area contributed by atoms with Crippen LogP contribution < -0.4 is 15.8 Å². The third-order valence-electron chi connectivity index (χ3n) is 3.67. The summed E-state index contributed by atoms with van der Waals surface area (Å²) in [6.45, 7) is 2.21. The molecule has 1 aromatic carbocycles. The van der Waals surface area contributed by atoms with Crippen LogP contribution in [-0.4, -0.2) is 29.1 Å². The molecule has 3 nitrogen and oxygen atoms in total. The second kappa shape index (κ2) is 7.18. The van der Waals surface area contributed by atoms with Crippen molar-refractivity contribution >= 4 is 34.7 Å². The van der Waals surface area contributed by atoms with E-state index in [2.05, 4.69) is 12.2 Å². The van der Waals surface area contributed by atoms with E-state index >= 15 is 0 Å². The van der Waals surface area contributed by atoms with E-state index in [1.807, 2.05) is 30.0 Å². The summed E-state index contributed by atoms with van der Waals surface area (Å²) in [5.41, 5.74) is 7.71. The molecule has 1 fully saturated rings. The summed E-state index contributed by atoms with van der Waals surface area (Å²) in [5, 5.41) is 4.30. The number of ether oxygens (including phenoxy) is 1. The molecule has 1 aliphatic carbocycles. The minimum absolute atomic E-state index is 0.424. The van der Waals surface area contributed by atoms with Crippen molar-refractivity contribution in [2.75, 3.05) is 18.2 Å². The van der Waals surface area contributed by atoms with Crippen molar-refractivity contribution in [2.45, 2.75) is 37.5 Å². The van der Waals surface area contributed by atoms with Crippen molar-refractivity contribution in [2.24, 2.45) is 5.73 Å². The van der Waals surface area contributed by atoms with Gasteiger partial charge < -0.3 is 15.8 Å². The van der Waals surface area contributed by atoms with Crippen LogP contribution >= 0.6 is 24.0 Å². The summed E-state index contributed by atoms with van der Waals surface area (Å²) in [6, 6.07) is 6.30. The van der Waals surface area contributed by atoms with E-state index in [4.69, 9.17) is 22.7 Å². The highest BCUT2D eigenvalue weighted by molar-refractivity contribution is 7.99. The van der Waals surface area contributed by atoms with Gasteiger partial charge in [0.05, 0.1) is 7.11 Å². The lowest BCUT2D eigenvalue weighted by Gasteiger charge is -2.23. The van der Waals surface area contributed by atoms with Crippen LogP contribution in [0.1, 0.15) is 31.7 Å². The average Bonchev–Trinajstić information content (AvgIpc) is 2.86. The van der Waals surface area contributed by atoms with Crippen LogP contribution in [0.2, 0.25) is 0 Å². The fourth-order valence-corrected chi connectivity index (χ4v) is 4.06. The molecule has 1 saturated carbocycles. The Labute approximate surface area is 130 Å². The van der Waals surface area contributed by atoms with Crippen LogP contribution in [0.5, 0.6) is 5.75 Å². The molecule has 2 unspecified atom stereocenters. The minimum atomic E-state index is 0.424. The van der Waals surface area contributed by atoms with Crippen LogP contribution in [0.3, 0.4) is 0 Å². The van der Waals surface area contributed by atoms with Gasteiger partial charge in [0, 0.05) is 28.6 Å². The molecule has 0 saturated heterocycles. The lowest BCUT2D eigenvalue weighted by Crippen LogP contribution is -2.27. The molecular weight excluding hydrogens is 288 g/mol. The first-order valence-electron chi connectivity index (χ1n) is 7.01. The maximum atomic E-state index is 5.82. The zero-order chi connectivity index (χ0) is 14.5. The van der Waals surface area contributed by atoms with E-state index in [0.717, 1.165) is 22.8 Å². The van der Waals surface area contributed by atoms with Crippen LogP contribution in [0.4, 0.5) is 5.69 Å². The summed E-state index contributed by atoms with van der Waals surface area (Å²) in [5.74, 6) is 1.98. The summed E-state index contributed by atoms with van der Waals surface area (Å²) in [6.07, 6.45) is 3.76. The molecular formula is C15H22N2OS2. The Balaban J connectivity index is 2.20. The number of thiocarbonyl (C=S) groups is 1. The van der Waals surface area contributed by atoms with Crippen molar-refractivity contribution in [1.82, 2.24) is 0 Å². The SMILES string of the molecule is CCSC1CCCC1Nc1cc(OC)ccc1C(N)=S. The maximum absolute atomic E-state index is 5.82. The molecule has 1 aliphatic rings. The lowest BCUT2D eigenvalue weighted by atomic mass is 10.1. The summed E-state index contributed by atoms with van der Waals surface area (Å²) in [4.78, 5) is 0.424. The predicted octanol–water partition coefficient (Wildman–Crippen LogP) is 3.42. The van der Waals surface area contributed by atoms with Gasteiger partial charge >= 0.3 is 0 Å². The normalized spacial score (nSPS) is 21.7. The third kappa shape index (κ3) is 3.58. The van der Waals surface area contributed by atoms with Crippen LogP contribution in [0.25, 0.3) is 0 Å². The summed E-state index contributed by atoms with van der Waals surface area (Å²) < 4.78 is 5.30. The zero-order valence-electron chi connectivity index (χ0n) is 12.0. The van der Waals surface area contributed by atoms with E-state index in [1.54, 1.807) is 7.11 Å². The first-order chi connectivity index (χ1) is 9.65. The van der Waals surface area contributed by atoms with Crippen LogP contribution in [-0.2, 0) is 0 Å². The number of benzene rings is 1. The van der Waals surface area contributed by atoms with Crippen molar-refractivity contribution in [3.05, 3.63) is 23.8 Å². The van der Waals surface area contributed by atoms with Gasteiger partial charge in [-0.05, 0) is 30.7 Å². The second-order valence-electron chi connectivity index (χ2n) is 4.95. The lowest BCUT2D eigenvalue weighted by molar-refractivity contribution is 0.415. The maximum Gasteiger partial charge on any atom is 0.120 e. The highest BCUT2D eigenvalue weighted by Crippen LogP contribution is 2.33. The van der Waals surface area contributed by atoms with Gasteiger partial charge in [-0.25, -0.2) is 0 Å². The molecule has 5 heteroatoms. The van der Waals surface area contributed by atoms with E-state index < -0.39 is 0 Å². The molecule has 0 bridgehead atoms. The van der Waals surface area contributed by atoms with E-state index in [0.29, 0.717) is 16.3 Å². The summed E-state index contributed by atoms with van der Waals surface area (Å²) in [7, 11) is 1.67. The van der Waals surface area contributed by atoms with Crippen molar-refractivity contribution in [3.63, 3.8) is 0 Å². The highest BCUT2D eigenvalue weighted by atomic mass is 32.2. The first-order valence-corrected chi connectivity index (χ1v) is 8.47. The monoisotopic (exact) mass is 310 g/mol. The molecule has 3 N–H and O–H groups in total. The number of methoxy groups -OCH3 is 1. The number of hydrogen-bond donors (Lipinski definition) is 2. The molecule has 110 valence electrons. The molecule has 0 amide bonds. The van der Waals surface area contributed by atoms with Gasteiger partial charge in [-0.1, -0.05) is 25.6 Å². The Morgan fingerprint density at radius 3 is 2.95 bits per heavy atom. The van der Waals surface area contributed by atoms with Crippen molar-refractivity contribution < 1.29 is 4.74 Å². The molecule has 0 aliphatic heterocycles. The molecule has 20 heavy (non-hydrogen) atoms. The molecule has 2 atom stereocenters. The fraction of sp³-hybridized carbons (Fsp3) is 0.533. The van der Waals surface area contributed by atoms with Gasteiger partial charge in [-0.15, -0.1) is 0 Å². The quantitative estimate of drug-likeness (QED) is 0.789. The Morgan fingerprint density at radius 2 is 2.30 bits per heavy atom. The number of rotatable bonds is 6. The van der Waals surface area contributed by atoms with Gasteiger partial charge in [0.1, 0.15) is 10.7 Å². The molecule has 2 rings (SSSR count). The summed E-state index contributed by atoms with van der Waals surface area (Å²) >= 11 is 7.18. The zero-order valence-corrected chi connectivity index (χ0v) is 13.7. The second-order valence-corrected chi connectivity index (χ2v) is 6.91. The van der Waals surface area contributed by atoms with Crippen molar-refractivity contribution in [3.8, 4) is 5.75 Å². The average molecular weight is 310 g/mol. The van der Waals surface area contributed by atoms with Gasteiger partial charge in [0.2, 0.25) is 0 Å². The Morgan fingerprint density at radius 1 is 1.50 bits per heavy atom. The van der Waals surface area contributed by atoms with Gasteiger partial charge in [0.25, 0.3) is 0 Å². The van der Waals surface area contributed by atoms with Crippen LogP contribution in [0, 0.1) is 0 Å². The molecule has 0 spiro atoms. The number of hydrogen-bond acceptors (Lipinski definition) is 4. The molecule has 0 heterocycles. The Hall–Kier alpha value is -0.940. The van der Waals surface area contributed by atoms with E-state index in [9.17, 15) is 0 Å². The topological polar surface area (TPSA) is 47.3 Å². The molecule has 0 aromatic heterocycles. The smallest absolute Gasteiger partial charge is 0.120 e. The van der Waals surface area contributed by atoms with E-state index in [1.165, 1.54) is 19.3 Å². The van der Waals surface area contributed by atoms with Gasteiger partial charge in [-0.2, -0.15) is 11.8 Å². The Kier molecular flexibility index (Phi) is 5.54. The van der Waals surface area contributed by atoms with Crippen LogP contribution in [0.15, 0.2) is 18.2 Å². The van der Waals surface area contributed by atoms with Gasteiger partial charge in [-0.3, -0.25) is 0 Å². The van der Waals surface area contributed by atoms with Crippen molar-refractivity contribution in [1.29, 1.82) is 0 Å². The number of nitrogens with one attached hydrogen (secondary N) is 1. The Bertz CT molecular complexity index is 479. The minimum Gasteiger partial charge on any atom is -0.497 e. The van der Waals surface area contributed by atoms with E-state index in [-0.39, 0.29) is 0 Å². The highest BCUT2D eigenvalue weighted by Gasteiger charge is 2.27. The number of anilines is 1. The largest absolute Gasteiger partial charge is 0.497 e. The molecule has 1 aromatic rings. The molecule has 0 radical (unpaired) electrons. The predicted molar refractivity (Wildman–Crippen MR) is 92.1 cm³/mol. The first kappa shape index (κ1) is 15.4. The third-order valence-corrected chi connectivity index (χ3v) is 5.21. The fourth-order valence-electron chi connectivity index (χ4n) is 2.69. The number of nitrogens with two attached hydrogens (primary N) is 1. The standard InChI is InChI=1S/C15H22N2OS2/c1-3-20-14-6-4-5-12(14)17-13-9-10(18-2)7-8-11(13)15(16)19/h7-9,12,14,17H,3-6H2,1-2H3,(H2,16,19). The van der Waals surface area contributed by atoms with Gasteiger partial charge in [0.15, 0.2) is 0 Å². The number of thioether (sulfide) groups is 1.